The van der Waals surface area contributed by atoms with Gasteiger partial charge in [0.15, 0.2) is 5.52 Å². The molecule has 23 heavy (non-hydrogen) atoms. The third-order valence-electron chi connectivity index (χ3n) is 3.41. The van der Waals surface area contributed by atoms with Crippen molar-refractivity contribution in [3.8, 4) is 0 Å². The largest absolute Gasteiger partial charge is 0.323 e. The van der Waals surface area contributed by atoms with E-state index in [4.69, 9.17) is 34.8 Å². The fraction of sp³-hybridized carbons (Fsp3) is 0.143. The van der Waals surface area contributed by atoms with E-state index in [2.05, 4.69) is 9.97 Å². The van der Waals surface area contributed by atoms with Crippen LogP contribution in [-0.2, 0) is 6.54 Å². The van der Waals surface area contributed by atoms with Crippen molar-refractivity contribution in [3.63, 3.8) is 0 Å². The molecule has 0 bridgehead atoms. The molecule has 3 rings (SSSR count). The van der Waals surface area contributed by atoms with Gasteiger partial charge in [-0.3, -0.25) is 10.1 Å². The molecular formula is C14H9Cl3N4O2. The topological polar surface area (TPSA) is 73.8 Å². The second kappa shape index (κ2) is 5.96. The molecule has 0 aliphatic carbocycles. The number of hydrogen-bond donors (Lipinski definition) is 0. The number of imidazole rings is 1. The standard InChI is InChI=1S/C14H9Cl3N4O2/c1-7-19-13-10(4-9(15)12(17)14(13)21(22)23)20(7)6-8-2-3-11(16)18-5-8/h2-5H,6H2,1H3. The van der Waals surface area contributed by atoms with Crippen molar-refractivity contribution in [1.29, 1.82) is 0 Å². The molecule has 0 aliphatic rings. The average molecular weight is 372 g/mol. The Bertz CT molecular complexity index is 922. The van der Waals surface area contributed by atoms with Crippen molar-refractivity contribution >= 4 is 51.5 Å². The summed E-state index contributed by atoms with van der Waals surface area (Å²) >= 11 is 17.8. The van der Waals surface area contributed by atoms with Gasteiger partial charge in [0.25, 0.3) is 0 Å². The molecule has 0 saturated carbocycles. The number of aromatic nitrogens is 3. The molecule has 2 heterocycles. The van der Waals surface area contributed by atoms with E-state index in [0.717, 1.165) is 5.56 Å². The lowest BCUT2D eigenvalue weighted by Crippen LogP contribution is -2.02. The molecule has 0 saturated heterocycles. The Morgan fingerprint density at radius 2 is 2.04 bits per heavy atom. The minimum atomic E-state index is -0.572. The predicted molar refractivity (Wildman–Crippen MR) is 89.5 cm³/mol. The molecule has 6 nitrogen and oxygen atoms in total. The Hall–Kier alpha value is -1.89. The van der Waals surface area contributed by atoms with Gasteiger partial charge in [-0.1, -0.05) is 40.9 Å². The lowest BCUT2D eigenvalue weighted by atomic mass is 10.2. The highest BCUT2D eigenvalue weighted by Crippen LogP contribution is 2.38. The molecule has 1 aromatic carbocycles. The number of nitro groups is 1. The van der Waals surface area contributed by atoms with Gasteiger partial charge in [-0.15, -0.1) is 0 Å². The first-order chi connectivity index (χ1) is 10.9. The first-order valence-corrected chi connectivity index (χ1v) is 7.61. The monoisotopic (exact) mass is 370 g/mol. The predicted octanol–water partition coefficient (Wildman–Crippen LogP) is 4.66. The number of nitro benzene ring substituents is 1. The van der Waals surface area contributed by atoms with Gasteiger partial charge in [-0.25, -0.2) is 9.97 Å². The number of pyridine rings is 1. The van der Waals surface area contributed by atoms with Crippen molar-refractivity contribution in [3.05, 3.63) is 61.1 Å². The SMILES string of the molecule is Cc1nc2c([N+](=O)[O-])c(Cl)c(Cl)cc2n1Cc1ccc(Cl)nc1. The van der Waals surface area contributed by atoms with Crippen LogP contribution in [0.2, 0.25) is 15.2 Å². The van der Waals surface area contributed by atoms with Gasteiger partial charge < -0.3 is 4.57 Å². The molecular weight excluding hydrogens is 363 g/mol. The first kappa shape index (κ1) is 16.0. The fourth-order valence-electron chi connectivity index (χ4n) is 2.35. The Kier molecular flexibility index (Phi) is 4.14. The van der Waals surface area contributed by atoms with E-state index in [1.807, 2.05) is 10.6 Å². The van der Waals surface area contributed by atoms with Crippen molar-refractivity contribution in [2.24, 2.45) is 0 Å². The zero-order valence-electron chi connectivity index (χ0n) is 11.8. The van der Waals surface area contributed by atoms with Gasteiger partial charge in [0, 0.05) is 6.20 Å². The van der Waals surface area contributed by atoms with Crippen molar-refractivity contribution in [2.75, 3.05) is 0 Å². The zero-order chi connectivity index (χ0) is 16.7. The van der Waals surface area contributed by atoms with E-state index in [1.54, 1.807) is 25.3 Å². The molecule has 0 radical (unpaired) electrons. The molecule has 9 heteroatoms. The van der Waals surface area contributed by atoms with E-state index < -0.39 is 4.92 Å². The third-order valence-corrected chi connectivity index (χ3v) is 4.42. The first-order valence-electron chi connectivity index (χ1n) is 6.48. The van der Waals surface area contributed by atoms with Gasteiger partial charge in [0.2, 0.25) is 0 Å². The molecule has 0 aliphatic heterocycles. The van der Waals surface area contributed by atoms with Gasteiger partial charge in [-0.2, -0.15) is 0 Å². The highest BCUT2D eigenvalue weighted by molar-refractivity contribution is 6.44. The van der Waals surface area contributed by atoms with Gasteiger partial charge >= 0.3 is 5.69 Å². The molecule has 118 valence electrons. The Labute approximate surface area is 145 Å². The highest BCUT2D eigenvalue weighted by Gasteiger charge is 2.25. The van der Waals surface area contributed by atoms with Gasteiger partial charge in [0.05, 0.1) is 22.0 Å². The summed E-state index contributed by atoms with van der Waals surface area (Å²) in [4.78, 5) is 19.0. The summed E-state index contributed by atoms with van der Waals surface area (Å²) in [6.45, 7) is 2.19. The van der Waals surface area contributed by atoms with E-state index in [-0.39, 0.29) is 21.2 Å². The highest BCUT2D eigenvalue weighted by atomic mass is 35.5. The van der Waals surface area contributed by atoms with E-state index in [1.165, 1.54) is 0 Å². The molecule has 2 aromatic heterocycles. The maximum Gasteiger partial charge on any atom is 0.317 e. The van der Waals surface area contributed by atoms with Crippen molar-refractivity contribution < 1.29 is 4.92 Å². The minimum Gasteiger partial charge on any atom is -0.323 e. The van der Waals surface area contributed by atoms with Crippen LogP contribution >= 0.6 is 34.8 Å². The van der Waals surface area contributed by atoms with Gasteiger partial charge in [0.1, 0.15) is 16.0 Å². The number of rotatable bonds is 3. The molecule has 0 unspecified atom stereocenters. The van der Waals surface area contributed by atoms with Gasteiger partial charge in [-0.05, 0) is 24.6 Å². The lowest BCUT2D eigenvalue weighted by molar-refractivity contribution is -0.383. The van der Waals surface area contributed by atoms with E-state index in [0.29, 0.717) is 23.0 Å². The fourth-order valence-corrected chi connectivity index (χ4v) is 2.87. The molecule has 0 amide bonds. The van der Waals surface area contributed by atoms with Crippen LogP contribution in [0.1, 0.15) is 11.4 Å². The summed E-state index contributed by atoms with van der Waals surface area (Å²) in [7, 11) is 0. The number of halogens is 3. The smallest absolute Gasteiger partial charge is 0.317 e. The maximum atomic E-state index is 11.3. The second-order valence-electron chi connectivity index (χ2n) is 4.88. The van der Waals surface area contributed by atoms with E-state index in [9.17, 15) is 10.1 Å². The van der Waals surface area contributed by atoms with Crippen LogP contribution in [0, 0.1) is 17.0 Å². The lowest BCUT2D eigenvalue weighted by Gasteiger charge is -2.07. The van der Waals surface area contributed by atoms with Crippen LogP contribution in [0.3, 0.4) is 0 Å². The number of hydrogen-bond acceptors (Lipinski definition) is 4. The summed E-state index contributed by atoms with van der Waals surface area (Å²) < 4.78 is 1.81. The number of nitrogens with zero attached hydrogens (tertiary/aromatic N) is 4. The second-order valence-corrected chi connectivity index (χ2v) is 6.05. The molecule has 0 atom stereocenters. The molecule has 0 N–H and O–H groups in total. The van der Waals surface area contributed by atoms with Crippen LogP contribution in [0.15, 0.2) is 24.4 Å². The normalized spacial score (nSPS) is 11.1. The zero-order valence-corrected chi connectivity index (χ0v) is 14.0. The van der Waals surface area contributed by atoms with Crippen LogP contribution in [0.4, 0.5) is 5.69 Å². The van der Waals surface area contributed by atoms with Crippen LogP contribution < -0.4 is 0 Å². The van der Waals surface area contributed by atoms with Crippen LogP contribution in [0.25, 0.3) is 11.0 Å². The summed E-state index contributed by atoms with van der Waals surface area (Å²) in [5.74, 6) is 0.608. The van der Waals surface area contributed by atoms with Crippen LogP contribution in [0.5, 0.6) is 0 Å². The Morgan fingerprint density at radius 1 is 1.30 bits per heavy atom. The summed E-state index contributed by atoms with van der Waals surface area (Å²) in [5, 5.41) is 11.7. The molecule has 0 fully saturated rings. The number of fused-ring (bicyclic) bond motifs is 1. The molecule has 0 spiro atoms. The van der Waals surface area contributed by atoms with E-state index >= 15 is 0 Å². The number of benzene rings is 1. The van der Waals surface area contributed by atoms with Crippen LogP contribution in [-0.4, -0.2) is 19.5 Å². The van der Waals surface area contributed by atoms with Crippen molar-refractivity contribution in [1.82, 2.24) is 14.5 Å². The molecule has 3 aromatic rings. The Morgan fingerprint density at radius 3 is 2.65 bits per heavy atom. The summed E-state index contributed by atoms with van der Waals surface area (Å²) in [5.41, 5.74) is 1.35. The third kappa shape index (κ3) is 2.85. The number of aryl methyl sites for hydroxylation is 1. The average Bonchev–Trinajstić information content (AvgIpc) is 2.78. The Balaban J connectivity index is 2.20. The minimum absolute atomic E-state index is 0.109. The summed E-state index contributed by atoms with van der Waals surface area (Å²) in [6.07, 6.45) is 1.64. The summed E-state index contributed by atoms with van der Waals surface area (Å²) in [6, 6.07) is 5.08. The van der Waals surface area contributed by atoms with Crippen molar-refractivity contribution in [2.45, 2.75) is 13.5 Å². The maximum absolute atomic E-state index is 11.3. The quantitative estimate of drug-likeness (QED) is 0.381.